The minimum Gasteiger partial charge on any atom is -0.348 e. The summed E-state index contributed by atoms with van der Waals surface area (Å²) in [5.74, 6) is 0. The molecule has 1 aromatic carbocycles. The molecule has 0 N–H and O–H groups in total. The zero-order valence-electron chi connectivity index (χ0n) is 13.1. The minimum absolute atomic E-state index is 0.119. The highest BCUT2D eigenvalue weighted by Gasteiger charge is 2.49. The Morgan fingerprint density at radius 1 is 1.42 bits per heavy atom. The van der Waals surface area contributed by atoms with Crippen LogP contribution in [0.1, 0.15) is 12.5 Å². The SMILES string of the molecule is CC1OC(Cn2cncn2)(c2ccc(Cl)cc2Cl)CN1S(C)(=O)=O. The summed E-state index contributed by atoms with van der Waals surface area (Å²) in [6, 6.07) is 5.06. The van der Waals surface area contributed by atoms with Crippen molar-refractivity contribution >= 4 is 33.2 Å². The summed E-state index contributed by atoms with van der Waals surface area (Å²) >= 11 is 12.4. The van der Waals surface area contributed by atoms with Crippen LogP contribution in [0.25, 0.3) is 0 Å². The molecule has 2 unspecified atom stereocenters. The Bertz CT molecular complexity index is 844. The molecule has 0 aliphatic carbocycles. The van der Waals surface area contributed by atoms with Gasteiger partial charge in [-0.05, 0) is 19.1 Å². The molecule has 1 saturated heterocycles. The molecular formula is C14H16Cl2N4O3S. The Hall–Kier alpha value is -1.19. The van der Waals surface area contributed by atoms with Gasteiger partial charge in [0.15, 0.2) is 0 Å². The van der Waals surface area contributed by atoms with Crippen molar-refractivity contribution < 1.29 is 13.2 Å². The van der Waals surface area contributed by atoms with E-state index in [2.05, 4.69) is 10.1 Å². The third-order valence-corrected chi connectivity index (χ3v) is 5.77. The molecule has 1 fully saturated rings. The Kier molecular flexibility index (Phi) is 4.61. The average molecular weight is 391 g/mol. The number of sulfonamides is 1. The van der Waals surface area contributed by atoms with E-state index in [-0.39, 0.29) is 13.1 Å². The van der Waals surface area contributed by atoms with Crippen molar-refractivity contribution in [3.63, 3.8) is 0 Å². The normalized spacial score (nSPS) is 25.2. The van der Waals surface area contributed by atoms with Crippen LogP contribution in [0.5, 0.6) is 0 Å². The number of nitrogens with zero attached hydrogens (tertiary/aromatic N) is 4. The van der Waals surface area contributed by atoms with Crippen LogP contribution in [-0.4, -0.2) is 46.5 Å². The molecule has 1 aromatic heterocycles. The highest BCUT2D eigenvalue weighted by Crippen LogP contribution is 2.41. The Morgan fingerprint density at radius 2 is 2.17 bits per heavy atom. The van der Waals surface area contributed by atoms with Crippen LogP contribution in [0.15, 0.2) is 30.9 Å². The third-order valence-electron chi connectivity index (χ3n) is 3.94. The Labute approximate surface area is 150 Å². The maximum Gasteiger partial charge on any atom is 0.213 e. The Morgan fingerprint density at radius 3 is 2.71 bits per heavy atom. The second kappa shape index (κ2) is 6.27. The summed E-state index contributed by atoms with van der Waals surface area (Å²) in [7, 11) is -3.44. The fraction of sp³-hybridized carbons (Fsp3) is 0.429. The van der Waals surface area contributed by atoms with Gasteiger partial charge in [0.25, 0.3) is 0 Å². The summed E-state index contributed by atoms with van der Waals surface area (Å²) < 4.78 is 33.1. The van der Waals surface area contributed by atoms with E-state index in [0.717, 1.165) is 6.26 Å². The van der Waals surface area contributed by atoms with Crippen LogP contribution < -0.4 is 0 Å². The fourth-order valence-corrected chi connectivity index (χ4v) is 4.55. The Balaban J connectivity index is 2.09. The molecule has 24 heavy (non-hydrogen) atoms. The van der Waals surface area contributed by atoms with Crippen LogP contribution >= 0.6 is 23.2 Å². The van der Waals surface area contributed by atoms with Crippen molar-refractivity contribution in [2.75, 3.05) is 12.8 Å². The van der Waals surface area contributed by atoms with E-state index in [1.165, 1.54) is 10.6 Å². The first-order valence-electron chi connectivity index (χ1n) is 7.14. The molecule has 0 radical (unpaired) electrons. The standard InChI is InChI=1S/C14H16Cl2N4O3S/c1-10-20(24(2,21)22)7-14(23-10,6-19-9-17-8-18-19)12-4-3-11(15)5-13(12)16/h3-5,8-10H,6-7H2,1-2H3. The second-order valence-electron chi connectivity index (χ2n) is 5.74. The number of halogens is 2. The van der Waals surface area contributed by atoms with Gasteiger partial charge in [-0.15, -0.1) is 0 Å². The first kappa shape index (κ1) is 17.6. The number of aromatic nitrogens is 3. The minimum atomic E-state index is -3.44. The van der Waals surface area contributed by atoms with E-state index < -0.39 is 21.9 Å². The molecule has 0 bridgehead atoms. The summed E-state index contributed by atoms with van der Waals surface area (Å²) in [5, 5.41) is 5.00. The maximum atomic E-state index is 12.1. The summed E-state index contributed by atoms with van der Waals surface area (Å²) in [6.07, 6.45) is 3.48. The number of hydrogen-bond acceptors (Lipinski definition) is 5. The number of rotatable bonds is 4. The van der Waals surface area contributed by atoms with Crippen molar-refractivity contribution in [3.8, 4) is 0 Å². The van der Waals surface area contributed by atoms with Gasteiger partial charge in [0.2, 0.25) is 10.0 Å². The van der Waals surface area contributed by atoms with E-state index in [4.69, 9.17) is 27.9 Å². The third kappa shape index (κ3) is 3.29. The van der Waals surface area contributed by atoms with Gasteiger partial charge in [0.1, 0.15) is 24.5 Å². The van der Waals surface area contributed by atoms with Gasteiger partial charge in [-0.1, -0.05) is 29.3 Å². The van der Waals surface area contributed by atoms with E-state index in [9.17, 15) is 8.42 Å². The zero-order chi connectivity index (χ0) is 17.5. The molecule has 0 amide bonds. The van der Waals surface area contributed by atoms with E-state index in [1.54, 1.807) is 36.1 Å². The highest BCUT2D eigenvalue weighted by molar-refractivity contribution is 7.88. The first-order chi connectivity index (χ1) is 11.2. The van der Waals surface area contributed by atoms with E-state index in [1.807, 2.05) is 0 Å². The molecule has 1 aliphatic heterocycles. The molecule has 0 spiro atoms. The lowest BCUT2D eigenvalue weighted by Crippen LogP contribution is -2.38. The lowest BCUT2D eigenvalue weighted by atomic mass is 9.94. The van der Waals surface area contributed by atoms with Crippen LogP contribution in [0.4, 0.5) is 0 Å². The van der Waals surface area contributed by atoms with Gasteiger partial charge in [0.05, 0.1) is 19.3 Å². The van der Waals surface area contributed by atoms with Gasteiger partial charge < -0.3 is 4.74 Å². The van der Waals surface area contributed by atoms with Crippen molar-refractivity contribution in [2.24, 2.45) is 0 Å². The zero-order valence-corrected chi connectivity index (χ0v) is 15.4. The molecule has 130 valence electrons. The van der Waals surface area contributed by atoms with E-state index >= 15 is 0 Å². The quantitative estimate of drug-likeness (QED) is 0.798. The molecule has 2 heterocycles. The second-order valence-corrected chi connectivity index (χ2v) is 8.52. The number of benzene rings is 1. The van der Waals surface area contributed by atoms with Crippen LogP contribution in [0.3, 0.4) is 0 Å². The molecule has 1 aliphatic rings. The van der Waals surface area contributed by atoms with E-state index in [0.29, 0.717) is 15.6 Å². The maximum absolute atomic E-state index is 12.1. The van der Waals surface area contributed by atoms with Crippen molar-refractivity contribution in [2.45, 2.75) is 25.3 Å². The van der Waals surface area contributed by atoms with Gasteiger partial charge in [0, 0.05) is 15.6 Å². The molecule has 10 heteroatoms. The van der Waals surface area contributed by atoms with Crippen molar-refractivity contribution in [1.29, 1.82) is 0 Å². The monoisotopic (exact) mass is 390 g/mol. The first-order valence-corrected chi connectivity index (χ1v) is 9.74. The van der Waals surface area contributed by atoms with Crippen molar-refractivity contribution in [1.82, 2.24) is 19.1 Å². The molecule has 7 nitrogen and oxygen atoms in total. The summed E-state index contributed by atoms with van der Waals surface area (Å²) in [4.78, 5) is 3.92. The molecule has 3 rings (SSSR count). The average Bonchev–Trinajstić information content (AvgIpc) is 3.07. The van der Waals surface area contributed by atoms with Gasteiger partial charge in [-0.2, -0.15) is 9.40 Å². The largest absolute Gasteiger partial charge is 0.348 e. The van der Waals surface area contributed by atoms with Gasteiger partial charge in [-0.25, -0.2) is 18.1 Å². The number of hydrogen-bond donors (Lipinski definition) is 0. The lowest BCUT2D eigenvalue weighted by molar-refractivity contribution is -0.0549. The van der Waals surface area contributed by atoms with Crippen LogP contribution in [-0.2, 0) is 26.9 Å². The fourth-order valence-electron chi connectivity index (χ4n) is 2.95. The lowest BCUT2D eigenvalue weighted by Gasteiger charge is -2.29. The molecule has 0 saturated carbocycles. The van der Waals surface area contributed by atoms with Gasteiger partial charge in [-0.3, -0.25) is 0 Å². The topological polar surface area (TPSA) is 77.3 Å². The molecule has 2 atom stereocenters. The van der Waals surface area contributed by atoms with Crippen molar-refractivity contribution in [3.05, 3.63) is 46.5 Å². The smallest absolute Gasteiger partial charge is 0.213 e. The molecule has 2 aromatic rings. The molecular weight excluding hydrogens is 375 g/mol. The number of ether oxygens (including phenoxy) is 1. The van der Waals surface area contributed by atoms with Crippen LogP contribution in [0.2, 0.25) is 10.0 Å². The van der Waals surface area contributed by atoms with Gasteiger partial charge >= 0.3 is 0 Å². The summed E-state index contributed by atoms with van der Waals surface area (Å²) in [5.41, 5.74) is -0.334. The predicted octanol–water partition coefficient (Wildman–Crippen LogP) is 2.12. The summed E-state index contributed by atoms with van der Waals surface area (Å²) in [6.45, 7) is 2.08. The highest BCUT2D eigenvalue weighted by atomic mass is 35.5. The van der Waals surface area contributed by atoms with Crippen LogP contribution in [0, 0.1) is 0 Å². The predicted molar refractivity (Wildman–Crippen MR) is 90.3 cm³/mol.